The molecule has 0 saturated carbocycles. The van der Waals surface area contributed by atoms with Gasteiger partial charge in [0, 0.05) is 0 Å². The van der Waals surface area contributed by atoms with E-state index in [1.165, 1.54) is 71.0 Å². The molecule has 0 aromatic carbocycles. The minimum Gasteiger partial charge on any atom is -0.330 e. The predicted molar refractivity (Wildman–Crippen MR) is 71.6 cm³/mol. The van der Waals surface area contributed by atoms with Crippen LogP contribution in [0.1, 0.15) is 58.3 Å². The second-order valence-corrected chi connectivity index (χ2v) is 5.25. The summed E-state index contributed by atoms with van der Waals surface area (Å²) < 4.78 is 0. The van der Waals surface area contributed by atoms with E-state index in [1.807, 2.05) is 0 Å². The van der Waals surface area contributed by atoms with E-state index in [-0.39, 0.29) is 0 Å². The van der Waals surface area contributed by atoms with Crippen molar-refractivity contribution < 1.29 is 0 Å². The number of unbranched alkanes of at least 4 members (excludes halogenated alkanes) is 4. The molecule has 0 spiro atoms. The van der Waals surface area contributed by atoms with Crippen LogP contribution in [0.5, 0.6) is 0 Å². The van der Waals surface area contributed by atoms with Gasteiger partial charge in [0.15, 0.2) is 0 Å². The molecule has 2 nitrogen and oxygen atoms in total. The molecule has 96 valence electrons. The highest BCUT2D eigenvalue weighted by molar-refractivity contribution is 4.71. The molecule has 1 saturated heterocycles. The maximum atomic E-state index is 5.48. The van der Waals surface area contributed by atoms with Crippen molar-refractivity contribution in [1.29, 1.82) is 0 Å². The Hall–Kier alpha value is -0.0800. The zero-order valence-electron chi connectivity index (χ0n) is 11.1. The minimum atomic E-state index is 0.866. The molecule has 1 aliphatic heterocycles. The fourth-order valence-corrected chi connectivity index (χ4v) is 2.63. The summed E-state index contributed by atoms with van der Waals surface area (Å²) in [5.74, 6) is 1.01. The number of nitrogens with two attached hydrogens (primary N) is 1. The molecule has 0 unspecified atom stereocenters. The lowest BCUT2D eigenvalue weighted by molar-refractivity contribution is 0.179. The van der Waals surface area contributed by atoms with E-state index >= 15 is 0 Å². The average molecular weight is 226 g/mol. The van der Waals surface area contributed by atoms with Crippen LogP contribution in [-0.2, 0) is 0 Å². The van der Waals surface area contributed by atoms with Crippen molar-refractivity contribution in [1.82, 2.24) is 4.90 Å². The van der Waals surface area contributed by atoms with Crippen LogP contribution in [0.4, 0.5) is 0 Å². The summed E-state index contributed by atoms with van der Waals surface area (Å²) >= 11 is 0. The van der Waals surface area contributed by atoms with Crippen molar-refractivity contribution in [2.24, 2.45) is 11.7 Å². The second kappa shape index (κ2) is 9.00. The van der Waals surface area contributed by atoms with Crippen molar-refractivity contribution in [3.05, 3.63) is 0 Å². The lowest BCUT2D eigenvalue weighted by Crippen LogP contribution is -2.34. The van der Waals surface area contributed by atoms with E-state index in [9.17, 15) is 0 Å². The predicted octanol–water partition coefficient (Wildman–Crippen LogP) is 3.02. The maximum absolute atomic E-state index is 5.48. The first kappa shape index (κ1) is 14.0. The average Bonchev–Trinajstić information content (AvgIpc) is 2.34. The van der Waals surface area contributed by atoms with E-state index in [0.29, 0.717) is 0 Å². The fraction of sp³-hybridized carbons (Fsp3) is 1.00. The first-order valence-electron chi connectivity index (χ1n) is 7.29. The van der Waals surface area contributed by atoms with E-state index in [2.05, 4.69) is 11.8 Å². The monoisotopic (exact) mass is 226 g/mol. The topological polar surface area (TPSA) is 29.3 Å². The van der Waals surface area contributed by atoms with Gasteiger partial charge in [-0.15, -0.1) is 0 Å². The SMILES string of the molecule is CCC1CCN(CCCCCCCN)CC1. The van der Waals surface area contributed by atoms with Gasteiger partial charge in [0.25, 0.3) is 0 Å². The first-order chi connectivity index (χ1) is 7.86. The zero-order valence-corrected chi connectivity index (χ0v) is 11.1. The Balaban J connectivity index is 1.90. The van der Waals surface area contributed by atoms with Gasteiger partial charge in [-0.2, -0.15) is 0 Å². The van der Waals surface area contributed by atoms with Gasteiger partial charge in [0.1, 0.15) is 0 Å². The fourth-order valence-electron chi connectivity index (χ4n) is 2.63. The molecule has 2 heteroatoms. The van der Waals surface area contributed by atoms with Crippen LogP contribution in [0.3, 0.4) is 0 Å². The molecule has 0 aliphatic carbocycles. The smallest absolute Gasteiger partial charge is 0.00161 e. The van der Waals surface area contributed by atoms with Crippen LogP contribution in [0.15, 0.2) is 0 Å². The van der Waals surface area contributed by atoms with Gasteiger partial charge in [-0.3, -0.25) is 0 Å². The third-order valence-electron chi connectivity index (χ3n) is 3.96. The molecule has 16 heavy (non-hydrogen) atoms. The molecule has 0 bridgehead atoms. The number of hydrogen-bond acceptors (Lipinski definition) is 2. The third kappa shape index (κ3) is 5.86. The summed E-state index contributed by atoms with van der Waals surface area (Å²) in [5, 5.41) is 0. The van der Waals surface area contributed by atoms with Crippen LogP contribution in [0.2, 0.25) is 0 Å². The summed E-state index contributed by atoms with van der Waals surface area (Å²) in [4.78, 5) is 2.66. The van der Waals surface area contributed by atoms with Crippen molar-refractivity contribution >= 4 is 0 Å². The molecule has 0 atom stereocenters. The summed E-state index contributed by atoms with van der Waals surface area (Å²) in [6.45, 7) is 7.23. The second-order valence-electron chi connectivity index (χ2n) is 5.25. The van der Waals surface area contributed by atoms with E-state index in [0.717, 1.165) is 12.5 Å². The number of rotatable bonds is 8. The Morgan fingerprint density at radius 2 is 1.62 bits per heavy atom. The highest BCUT2D eigenvalue weighted by Gasteiger charge is 2.16. The molecule has 2 N–H and O–H groups in total. The standard InChI is InChI=1S/C14H30N2/c1-2-14-8-12-16(13-9-14)11-7-5-3-4-6-10-15/h14H,2-13,15H2,1H3. The highest BCUT2D eigenvalue weighted by Crippen LogP contribution is 2.20. The number of likely N-dealkylation sites (tertiary alicyclic amines) is 1. The molecule has 1 aliphatic rings. The number of piperidine rings is 1. The van der Waals surface area contributed by atoms with E-state index in [4.69, 9.17) is 5.73 Å². The number of nitrogens with zero attached hydrogens (tertiary/aromatic N) is 1. The van der Waals surface area contributed by atoms with Crippen molar-refractivity contribution in [2.75, 3.05) is 26.2 Å². The Morgan fingerprint density at radius 1 is 1.00 bits per heavy atom. The molecule has 0 aromatic rings. The van der Waals surface area contributed by atoms with Gasteiger partial charge in [-0.25, -0.2) is 0 Å². The Bertz CT molecular complexity index is 151. The molecule has 0 radical (unpaired) electrons. The number of hydrogen-bond donors (Lipinski definition) is 1. The molecular formula is C14H30N2. The summed E-state index contributed by atoms with van der Waals surface area (Å²) in [6.07, 6.45) is 11.0. The van der Waals surface area contributed by atoms with Gasteiger partial charge < -0.3 is 10.6 Å². The van der Waals surface area contributed by atoms with E-state index < -0.39 is 0 Å². The van der Waals surface area contributed by atoms with E-state index in [1.54, 1.807) is 0 Å². The molecule has 0 amide bonds. The van der Waals surface area contributed by atoms with Gasteiger partial charge in [0.05, 0.1) is 0 Å². The molecule has 1 heterocycles. The Kier molecular flexibility index (Phi) is 7.87. The third-order valence-corrected chi connectivity index (χ3v) is 3.96. The minimum absolute atomic E-state index is 0.866. The molecule has 0 aromatic heterocycles. The quantitative estimate of drug-likeness (QED) is 0.645. The van der Waals surface area contributed by atoms with Crippen molar-refractivity contribution in [2.45, 2.75) is 58.3 Å². The Morgan fingerprint density at radius 3 is 2.25 bits per heavy atom. The first-order valence-corrected chi connectivity index (χ1v) is 7.29. The zero-order chi connectivity index (χ0) is 11.6. The van der Waals surface area contributed by atoms with Crippen LogP contribution >= 0.6 is 0 Å². The van der Waals surface area contributed by atoms with Crippen molar-refractivity contribution in [3.8, 4) is 0 Å². The Labute approximate surface area is 102 Å². The lowest BCUT2D eigenvalue weighted by atomic mass is 9.94. The van der Waals surface area contributed by atoms with Crippen LogP contribution in [-0.4, -0.2) is 31.1 Å². The largest absolute Gasteiger partial charge is 0.330 e. The lowest BCUT2D eigenvalue weighted by Gasteiger charge is -2.31. The normalized spacial score (nSPS) is 19.1. The summed E-state index contributed by atoms with van der Waals surface area (Å²) in [5.41, 5.74) is 5.48. The summed E-state index contributed by atoms with van der Waals surface area (Å²) in [7, 11) is 0. The van der Waals surface area contributed by atoms with Crippen molar-refractivity contribution in [3.63, 3.8) is 0 Å². The maximum Gasteiger partial charge on any atom is -0.00161 e. The molecular weight excluding hydrogens is 196 g/mol. The van der Waals surface area contributed by atoms with Crippen LogP contribution in [0, 0.1) is 5.92 Å². The highest BCUT2D eigenvalue weighted by atomic mass is 15.1. The van der Waals surface area contributed by atoms with Gasteiger partial charge in [-0.05, 0) is 57.8 Å². The van der Waals surface area contributed by atoms with Gasteiger partial charge >= 0.3 is 0 Å². The van der Waals surface area contributed by atoms with Crippen LogP contribution < -0.4 is 5.73 Å². The van der Waals surface area contributed by atoms with Gasteiger partial charge in [-0.1, -0.05) is 32.6 Å². The molecule has 1 fully saturated rings. The molecule has 1 rings (SSSR count). The van der Waals surface area contributed by atoms with Crippen LogP contribution in [0.25, 0.3) is 0 Å². The van der Waals surface area contributed by atoms with Gasteiger partial charge in [0.2, 0.25) is 0 Å². The summed E-state index contributed by atoms with van der Waals surface area (Å²) in [6, 6.07) is 0.